The maximum atomic E-state index is 11.1. The van der Waals surface area contributed by atoms with E-state index in [1.54, 1.807) is 25.3 Å². The Morgan fingerprint density at radius 2 is 2.29 bits per heavy atom. The van der Waals surface area contributed by atoms with Crippen LogP contribution in [-0.4, -0.2) is 31.7 Å². The van der Waals surface area contributed by atoms with Crippen LogP contribution in [0.1, 0.15) is 16.8 Å². The molecule has 17 heavy (non-hydrogen) atoms. The van der Waals surface area contributed by atoms with Gasteiger partial charge in [-0.3, -0.25) is 4.79 Å². The second kappa shape index (κ2) is 5.38. The molecule has 0 N–H and O–H groups in total. The molecule has 1 aliphatic heterocycles. The molecule has 4 nitrogen and oxygen atoms in total. The molecule has 0 aliphatic carbocycles. The highest BCUT2D eigenvalue weighted by Gasteiger charge is 2.19. The van der Waals surface area contributed by atoms with Crippen molar-refractivity contribution in [3.05, 3.63) is 23.8 Å². The van der Waals surface area contributed by atoms with Gasteiger partial charge in [0.05, 0.1) is 20.3 Å². The Balaban J connectivity index is 2.21. The molecule has 1 saturated heterocycles. The zero-order valence-electron chi connectivity index (χ0n) is 9.44. The minimum absolute atomic E-state index is 0.00424. The van der Waals surface area contributed by atoms with E-state index in [2.05, 4.69) is 0 Å². The molecule has 1 aromatic rings. The van der Waals surface area contributed by atoms with Crippen LogP contribution in [0.25, 0.3) is 0 Å². The van der Waals surface area contributed by atoms with E-state index in [0.29, 0.717) is 30.3 Å². The number of carbonyl (C=O) groups is 1. The van der Waals surface area contributed by atoms with Crippen LogP contribution in [0.3, 0.4) is 0 Å². The van der Waals surface area contributed by atoms with Gasteiger partial charge in [-0.2, -0.15) is 0 Å². The topological polar surface area (TPSA) is 44.8 Å². The van der Waals surface area contributed by atoms with E-state index >= 15 is 0 Å². The predicted molar refractivity (Wildman–Crippen MR) is 63.0 cm³/mol. The van der Waals surface area contributed by atoms with Crippen LogP contribution in [0.15, 0.2) is 18.2 Å². The lowest BCUT2D eigenvalue weighted by atomic mass is 10.2. The summed E-state index contributed by atoms with van der Waals surface area (Å²) in [6, 6.07) is 4.86. The van der Waals surface area contributed by atoms with Crippen LogP contribution in [0.2, 0.25) is 0 Å². The van der Waals surface area contributed by atoms with Gasteiger partial charge < -0.3 is 14.2 Å². The van der Waals surface area contributed by atoms with Gasteiger partial charge in [-0.05, 0) is 29.8 Å². The van der Waals surface area contributed by atoms with E-state index in [-0.39, 0.29) is 6.10 Å². The minimum Gasteiger partial charge on any atom is -0.493 e. The molecule has 1 aliphatic rings. The lowest BCUT2D eigenvalue weighted by molar-refractivity contribution is 0.108. The summed E-state index contributed by atoms with van der Waals surface area (Å²) in [5.74, 6) is 1.10. The van der Waals surface area contributed by atoms with Gasteiger partial charge in [0.25, 0.3) is 5.24 Å². The van der Waals surface area contributed by atoms with E-state index < -0.39 is 5.24 Å². The van der Waals surface area contributed by atoms with Gasteiger partial charge in [0, 0.05) is 12.0 Å². The SMILES string of the molecule is COc1ccc(C(=O)Cl)cc1OC1CCOC1. The summed E-state index contributed by atoms with van der Waals surface area (Å²) in [7, 11) is 1.55. The number of halogens is 1. The highest BCUT2D eigenvalue weighted by molar-refractivity contribution is 6.67. The molecule has 1 aromatic carbocycles. The van der Waals surface area contributed by atoms with Crippen molar-refractivity contribution in [3.63, 3.8) is 0 Å². The van der Waals surface area contributed by atoms with Gasteiger partial charge in [-0.15, -0.1) is 0 Å². The lowest BCUT2D eigenvalue weighted by Gasteiger charge is -2.15. The Morgan fingerprint density at radius 3 is 2.88 bits per heavy atom. The Labute approximate surface area is 104 Å². The number of carbonyl (C=O) groups excluding carboxylic acids is 1. The first kappa shape index (κ1) is 12.2. The molecule has 0 aromatic heterocycles. The van der Waals surface area contributed by atoms with Crippen LogP contribution in [-0.2, 0) is 4.74 Å². The Kier molecular flexibility index (Phi) is 3.86. The third-order valence-electron chi connectivity index (χ3n) is 2.57. The average Bonchev–Trinajstić information content (AvgIpc) is 2.81. The van der Waals surface area contributed by atoms with Crippen LogP contribution < -0.4 is 9.47 Å². The largest absolute Gasteiger partial charge is 0.493 e. The Morgan fingerprint density at radius 1 is 1.47 bits per heavy atom. The van der Waals surface area contributed by atoms with Crippen LogP contribution in [0, 0.1) is 0 Å². The molecular formula is C12H13ClO4. The van der Waals surface area contributed by atoms with Crippen molar-refractivity contribution in [1.29, 1.82) is 0 Å². The van der Waals surface area contributed by atoms with Crippen molar-refractivity contribution in [2.45, 2.75) is 12.5 Å². The molecule has 0 bridgehead atoms. The summed E-state index contributed by atoms with van der Waals surface area (Å²) in [6.45, 7) is 1.25. The van der Waals surface area contributed by atoms with E-state index in [0.717, 1.165) is 6.42 Å². The first-order valence-electron chi connectivity index (χ1n) is 5.33. The Bertz CT molecular complexity index is 413. The molecular weight excluding hydrogens is 244 g/mol. The number of hydrogen-bond donors (Lipinski definition) is 0. The molecule has 1 fully saturated rings. The summed E-state index contributed by atoms with van der Waals surface area (Å²) in [5, 5.41) is -0.514. The molecule has 0 saturated carbocycles. The molecule has 1 heterocycles. The third kappa shape index (κ3) is 2.90. The van der Waals surface area contributed by atoms with Crippen LogP contribution in [0.4, 0.5) is 0 Å². The summed E-state index contributed by atoms with van der Waals surface area (Å²) in [5.41, 5.74) is 0.390. The highest BCUT2D eigenvalue weighted by atomic mass is 35.5. The summed E-state index contributed by atoms with van der Waals surface area (Å²) >= 11 is 5.43. The minimum atomic E-state index is -0.514. The quantitative estimate of drug-likeness (QED) is 0.775. The van der Waals surface area contributed by atoms with Gasteiger partial charge in [0.1, 0.15) is 6.10 Å². The second-order valence-corrected chi connectivity index (χ2v) is 4.09. The summed E-state index contributed by atoms with van der Waals surface area (Å²) in [6.07, 6.45) is 0.840. The van der Waals surface area contributed by atoms with Crippen molar-refractivity contribution < 1.29 is 19.0 Å². The average molecular weight is 257 g/mol. The number of hydrogen-bond acceptors (Lipinski definition) is 4. The number of methoxy groups -OCH3 is 1. The molecule has 2 rings (SSSR count). The normalized spacial score (nSPS) is 19.1. The number of ether oxygens (including phenoxy) is 3. The van der Waals surface area contributed by atoms with Crippen molar-refractivity contribution in [3.8, 4) is 11.5 Å². The van der Waals surface area contributed by atoms with E-state index in [9.17, 15) is 4.79 Å². The van der Waals surface area contributed by atoms with E-state index in [1.165, 1.54) is 0 Å². The third-order valence-corrected chi connectivity index (χ3v) is 2.79. The summed E-state index contributed by atoms with van der Waals surface area (Å²) < 4.78 is 16.1. The highest BCUT2D eigenvalue weighted by Crippen LogP contribution is 2.30. The summed E-state index contributed by atoms with van der Waals surface area (Å²) in [4.78, 5) is 11.1. The predicted octanol–water partition coefficient (Wildman–Crippen LogP) is 2.24. The maximum absolute atomic E-state index is 11.1. The van der Waals surface area contributed by atoms with Gasteiger partial charge in [0.2, 0.25) is 0 Å². The second-order valence-electron chi connectivity index (χ2n) is 3.74. The molecule has 0 amide bonds. The first-order chi connectivity index (χ1) is 8.20. The Hall–Kier alpha value is -1.26. The standard InChI is InChI=1S/C12H13ClO4/c1-15-10-3-2-8(12(13)14)6-11(10)17-9-4-5-16-7-9/h2-3,6,9H,4-5,7H2,1H3. The number of benzene rings is 1. The van der Waals surface area contributed by atoms with Crippen molar-refractivity contribution in [2.75, 3.05) is 20.3 Å². The van der Waals surface area contributed by atoms with Crippen LogP contribution >= 0.6 is 11.6 Å². The lowest BCUT2D eigenvalue weighted by Crippen LogP contribution is -2.16. The van der Waals surface area contributed by atoms with Gasteiger partial charge >= 0.3 is 0 Å². The smallest absolute Gasteiger partial charge is 0.252 e. The van der Waals surface area contributed by atoms with Gasteiger partial charge in [-0.1, -0.05) is 0 Å². The van der Waals surface area contributed by atoms with E-state index in [4.69, 9.17) is 25.8 Å². The monoisotopic (exact) mass is 256 g/mol. The molecule has 1 unspecified atom stereocenters. The van der Waals surface area contributed by atoms with Crippen molar-refractivity contribution in [2.24, 2.45) is 0 Å². The number of rotatable bonds is 4. The van der Waals surface area contributed by atoms with Gasteiger partial charge in [0.15, 0.2) is 11.5 Å². The maximum Gasteiger partial charge on any atom is 0.252 e. The first-order valence-corrected chi connectivity index (χ1v) is 5.71. The fourth-order valence-corrected chi connectivity index (χ4v) is 1.79. The van der Waals surface area contributed by atoms with Crippen molar-refractivity contribution >= 4 is 16.8 Å². The zero-order chi connectivity index (χ0) is 12.3. The fourth-order valence-electron chi connectivity index (χ4n) is 1.68. The molecule has 1 atom stereocenters. The molecule has 5 heteroatoms. The van der Waals surface area contributed by atoms with Crippen LogP contribution in [0.5, 0.6) is 11.5 Å². The van der Waals surface area contributed by atoms with Crippen molar-refractivity contribution in [1.82, 2.24) is 0 Å². The molecule has 92 valence electrons. The fraction of sp³-hybridized carbons (Fsp3) is 0.417. The van der Waals surface area contributed by atoms with E-state index in [1.807, 2.05) is 0 Å². The zero-order valence-corrected chi connectivity index (χ0v) is 10.2. The van der Waals surface area contributed by atoms with Gasteiger partial charge in [-0.25, -0.2) is 0 Å². The molecule has 0 spiro atoms. The molecule has 0 radical (unpaired) electrons.